The zero-order chi connectivity index (χ0) is 10.6. The van der Waals surface area contributed by atoms with Crippen molar-refractivity contribution in [2.24, 2.45) is 0 Å². The standard InChI is InChI=1S/C12H18N2/c1-5-7-11-10(9-14(3)4)8-13-12(11)6-2/h5-8,13H,1,9H2,2-4H3/b11-7-,12-6+. The molecule has 0 radical (unpaired) electrons. The van der Waals surface area contributed by atoms with Crippen molar-refractivity contribution in [1.82, 2.24) is 9.88 Å². The fraction of sp³-hybridized carbons (Fsp3) is 0.333. The van der Waals surface area contributed by atoms with Crippen molar-refractivity contribution in [3.05, 3.63) is 35.0 Å². The first-order valence-electron chi connectivity index (χ1n) is 4.79. The summed E-state index contributed by atoms with van der Waals surface area (Å²) in [6, 6.07) is 0. The number of allylic oxidation sites excluding steroid dienone is 1. The summed E-state index contributed by atoms with van der Waals surface area (Å²) in [5.41, 5.74) is 1.31. The Kier molecular flexibility index (Phi) is 3.72. The van der Waals surface area contributed by atoms with Crippen LogP contribution in [0.1, 0.15) is 12.5 Å². The van der Waals surface area contributed by atoms with Gasteiger partial charge in [-0.1, -0.05) is 24.8 Å². The first-order valence-corrected chi connectivity index (χ1v) is 4.79. The van der Waals surface area contributed by atoms with Gasteiger partial charge in [-0.25, -0.2) is 0 Å². The van der Waals surface area contributed by atoms with E-state index in [2.05, 4.69) is 42.8 Å². The Morgan fingerprint density at radius 1 is 1.50 bits per heavy atom. The second-order valence-electron chi connectivity index (χ2n) is 3.57. The highest BCUT2D eigenvalue weighted by atomic mass is 15.0. The SMILES string of the molecule is C=C/C=c1/c(CN(C)C)c[nH]/c1=C/C. The van der Waals surface area contributed by atoms with E-state index in [9.17, 15) is 0 Å². The lowest BCUT2D eigenvalue weighted by atomic mass is 10.2. The van der Waals surface area contributed by atoms with Gasteiger partial charge in [-0.05, 0) is 26.6 Å². The van der Waals surface area contributed by atoms with Crippen LogP contribution in [0.3, 0.4) is 0 Å². The Hall–Kier alpha value is -1.28. The quantitative estimate of drug-likeness (QED) is 0.748. The summed E-state index contributed by atoms with van der Waals surface area (Å²) in [5, 5.41) is 2.41. The van der Waals surface area contributed by atoms with Gasteiger partial charge in [0.25, 0.3) is 0 Å². The zero-order valence-electron chi connectivity index (χ0n) is 9.17. The normalized spacial score (nSPS) is 14.0. The van der Waals surface area contributed by atoms with Crippen molar-refractivity contribution >= 4 is 12.2 Å². The van der Waals surface area contributed by atoms with E-state index in [0.29, 0.717) is 0 Å². The van der Waals surface area contributed by atoms with Gasteiger partial charge in [-0.2, -0.15) is 0 Å². The second-order valence-corrected chi connectivity index (χ2v) is 3.57. The summed E-state index contributed by atoms with van der Waals surface area (Å²) in [6.45, 7) is 6.72. The van der Waals surface area contributed by atoms with Crippen molar-refractivity contribution in [3.8, 4) is 0 Å². The highest BCUT2D eigenvalue weighted by Gasteiger charge is 1.99. The van der Waals surface area contributed by atoms with Crippen LogP contribution in [-0.2, 0) is 6.54 Å². The lowest BCUT2D eigenvalue weighted by Gasteiger charge is -2.06. The smallest absolute Gasteiger partial charge is 0.0413 e. The van der Waals surface area contributed by atoms with E-state index < -0.39 is 0 Å². The molecule has 0 aliphatic rings. The maximum absolute atomic E-state index is 3.73. The van der Waals surface area contributed by atoms with Crippen LogP contribution < -0.4 is 10.6 Å². The molecule has 1 heterocycles. The molecule has 1 aromatic heterocycles. The number of hydrogen-bond donors (Lipinski definition) is 1. The fourth-order valence-corrected chi connectivity index (χ4v) is 1.52. The molecule has 14 heavy (non-hydrogen) atoms. The predicted molar refractivity (Wildman–Crippen MR) is 62.2 cm³/mol. The van der Waals surface area contributed by atoms with Gasteiger partial charge in [-0.3, -0.25) is 0 Å². The molecule has 1 rings (SSSR count). The van der Waals surface area contributed by atoms with E-state index in [1.807, 2.05) is 19.1 Å². The van der Waals surface area contributed by atoms with E-state index in [1.54, 1.807) is 0 Å². The highest BCUT2D eigenvalue weighted by molar-refractivity contribution is 5.40. The first kappa shape index (κ1) is 10.8. The highest BCUT2D eigenvalue weighted by Crippen LogP contribution is 1.91. The molecule has 0 unspecified atom stereocenters. The molecule has 0 aliphatic carbocycles. The van der Waals surface area contributed by atoms with Crippen LogP contribution in [0.4, 0.5) is 0 Å². The fourth-order valence-electron chi connectivity index (χ4n) is 1.52. The molecule has 76 valence electrons. The zero-order valence-corrected chi connectivity index (χ0v) is 9.17. The topological polar surface area (TPSA) is 19.0 Å². The number of rotatable bonds is 3. The number of aromatic amines is 1. The van der Waals surface area contributed by atoms with E-state index >= 15 is 0 Å². The largest absolute Gasteiger partial charge is 0.361 e. The van der Waals surface area contributed by atoms with Gasteiger partial charge >= 0.3 is 0 Å². The molecule has 1 aromatic rings. The number of hydrogen-bond acceptors (Lipinski definition) is 1. The third-order valence-corrected chi connectivity index (χ3v) is 2.10. The number of H-pyrrole nitrogens is 1. The maximum Gasteiger partial charge on any atom is 0.0413 e. The summed E-state index contributed by atoms with van der Waals surface area (Å²) >= 11 is 0. The molecule has 0 spiro atoms. The number of nitrogens with one attached hydrogen (secondary N) is 1. The molecular weight excluding hydrogens is 172 g/mol. The van der Waals surface area contributed by atoms with Gasteiger partial charge in [0, 0.05) is 23.3 Å². The molecule has 0 amide bonds. The lowest BCUT2D eigenvalue weighted by molar-refractivity contribution is 0.401. The Morgan fingerprint density at radius 3 is 2.71 bits per heavy atom. The van der Waals surface area contributed by atoms with Gasteiger partial charge in [0.2, 0.25) is 0 Å². The molecular formula is C12H18N2. The van der Waals surface area contributed by atoms with Crippen molar-refractivity contribution in [2.45, 2.75) is 13.5 Å². The van der Waals surface area contributed by atoms with Gasteiger partial charge in [0.1, 0.15) is 0 Å². The van der Waals surface area contributed by atoms with Crippen molar-refractivity contribution < 1.29 is 0 Å². The monoisotopic (exact) mass is 190 g/mol. The van der Waals surface area contributed by atoms with E-state index in [1.165, 1.54) is 16.1 Å². The minimum absolute atomic E-state index is 0.948. The molecule has 0 bridgehead atoms. The Balaban J connectivity index is 3.26. The summed E-state index contributed by atoms with van der Waals surface area (Å²) < 4.78 is 0. The van der Waals surface area contributed by atoms with Crippen LogP contribution in [0.2, 0.25) is 0 Å². The first-order chi connectivity index (χ1) is 6.69. The molecule has 2 heteroatoms. The molecule has 1 N–H and O–H groups in total. The molecule has 0 aromatic carbocycles. The van der Waals surface area contributed by atoms with E-state index in [-0.39, 0.29) is 0 Å². The molecule has 0 saturated carbocycles. The number of aromatic nitrogens is 1. The Bertz CT molecular complexity index is 410. The molecule has 0 saturated heterocycles. The third kappa shape index (κ3) is 2.36. The number of nitrogens with zero attached hydrogens (tertiary/aromatic N) is 1. The third-order valence-electron chi connectivity index (χ3n) is 2.10. The van der Waals surface area contributed by atoms with Crippen LogP contribution in [0, 0.1) is 0 Å². The summed E-state index contributed by atoms with van der Waals surface area (Å²) in [6.07, 6.45) is 8.01. The molecule has 2 nitrogen and oxygen atoms in total. The summed E-state index contributed by atoms with van der Waals surface area (Å²) in [7, 11) is 4.14. The van der Waals surface area contributed by atoms with Crippen LogP contribution in [0.25, 0.3) is 12.2 Å². The van der Waals surface area contributed by atoms with Crippen LogP contribution >= 0.6 is 0 Å². The maximum atomic E-state index is 3.73. The summed E-state index contributed by atoms with van der Waals surface area (Å²) in [4.78, 5) is 5.41. The van der Waals surface area contributed by atoms with E-state index in [4.69, 9.17) is 0 Å². The van der Waals surface area contributed by atoms with E-state index in [0.717, 1.165) is 6.54 Å². The van der Waals surface area contributed by atoms with Gasteiger partial charge < -0.3 is 9.88 Å². The van der Waals surface area contributed by atoms with Gasteiger partial charge in [0.05, 0.1) is 0 Å². The molecule has 0 atom stereocenters. The lowest BCUT2D eigenvalue weighted by Crippen LogP contribution is -2.26. The average molecular weight is 190 g/mol. The van der Waals surface area contributed by atoms with Gasteiger partial charge in [-0.15, -0.1) is 0 Å². The van der Waals surface area contributed by atoms with Crippen molar-refractivity contribution in [2.75, 3.05) is 14.1 Å². The van der Waals surface area contributed by atoms with Gasteiger partial charge in [0.15, 0.2) is 0 Å². The second kappa shape index (κ2) is 4.82. The minimum Gasteiger partial charge on any atom is -0.361 e. The predicted octanol–water partition coefficient (Wildman–Crippen LogP) is 0.843. The Labute approximate surface area is 85.3 Å². The minimum atomic E-state index is 0.948. The van der Waals surface area contributed by atoms with Crippen LogP contribution in [-0.4, -0.2) is 24.0 Å². The molecule has 0 aliphatic heterocycles. The van der Waals surface area contributed by atoms with Crippen molar-refractivity contribution in [1.29, 1.82) is 0 Å². The summed E-state index contributed by atoms with van der Waals surface area (Å²) in [5.74, 6) is 0. The van der Waals surface area contributed by atoms with Crippen LogP contribution in [0.5, 0.6) is 0 Å². The van der Waals surface area contributed by atoms with Crippen LogP contribution in [0.15, 0.2) is 18.9 Å². The Morgan fingerprint density at radius 2 is 2.21 bits per heavy atom. The molecule has 0 fully saturated rings. The average Bonchev–Trinajstić information content (AvgIpc) is 2.48. The van der Waals surface area contributed by atoms with Crippen molar-refractivity contribution in [3.63, 3.8) is 0 Å².